The van der Waals surface area contributed by atoms with Crippen molar-refractivity contribution in [3.8, 4) is 0 Å². The minimum atomic E-state index is 0.511. The molecule has 0 saturated carbocycles. The molecule has 1 unspecified atom stereocenters. The van der Waals surface area contributed by atoms with Crippen molar-refractivity contribution in [3.05, 3.63) is 0 Å². The number of hydrogen-bond donors (Lipinski definition) is 1. The average Bonchev–Trinajstić information content (AvgIpc) is 2.69. The van der Waals surface area contributed by atoms with Crippen molar-refractivity contribution in [2.45, 2.75) is 53.0 Å². The van der Waals surface area contributed by atoms with Gasteiger partial charge in [0.25, 0.3) is 0 Å². The number of rotatable bonds is 6. The van der Waals surface area contributed by atoms with Crippen molar-refractivity contribution in [3.63, 3.8) is 0 Å². The van der Waals surface area contributed by atoms with Crippen LogP contribution in [0.25, 0.3) is 0 Å². The summed E-state index contributed by atoms with van der Waals surface area (Å²) in [5.74, 6) is 0.777. The van der Waals surface area contributed by atoms with E-state index in [2.05, 4.69) is 45.0 Å². The molecule has 1 fully saturated rings. The minimum absolute atomic E-state index is 0.511. The molecule has 1 aliphatic heterocycles. The summed E-state index contributed by atoms with van der Waals surface area (Å²) in [5.41, 5.74) is 0.511. The quantitative estimate of drug-likeness (QED) is 0.749. The number of nitrogens with zero attached hydrogens (tertiary/aromatic N) is 1. The van der Waals surface area contributed by atoms with Crippen LogP contribution in [0.3, 0.4) is 0 Å². The maximum absolute atomic E-state index is 3.55. The maximum Gasteiger partial charge on any atom is 0.00872 e. The van der Waals surface area contributed by atoms with E-state index in [0.717, 1.165) is 12.0 Å². The monoisotopic (exact) mass is 226 g/mol. The average molecular weight is 226 g/mol. The highest BCUT2D eigenvalue weighted by Gasteiger charge is 2.38. The van der Waals surface area contributed by atoms with Gasteiger partial charge in [0.05, 0.1) is 0 Å². The topological polar surface area (TPSA) is 15.3 Å². The molecule has 2 heteroatoms. The molecule has 1 aliphatic rings. The van der Waals surface area contributed by atoms with Gasteiger partial charge in [0, 0.05) is 19.1 Å². The van der Waals surface area contributed by atoms with Gasteiger partial charge in [0.1, 0.15) is 0 Å². The van der Waals surface area contributed by atoms with E-state index in [-0.39, 0.29) is 0 Å². The van der Waals surface area contributed by atoms with Crippen LogP contribution >= 0.6 is 0 Å². The molecular weight excluding hydrogens is 196 g/mol. The molecule has 1 saturated heterocycles. The zero-order valence-corrected chi connectivity index (χ0v) is 11.8. The van der Waals surface area contributed by atoms with Crippen LogP contribution in [0.4, 0.5) is 0 Å². The van der Waals surface area contributed by atoms with Gasteiger partial charge >= 0.3 is 0 Å². The predicted molar refractivity (Wildman–Crippen MR) is 71.8 cm³/mol. The van der Waals surface area contributed by atoms with E-state index in [1.165, 1.54) is 38.9 Å². The minimum Gasteiger partial charge on any atom is -0.316 e. The van der Waals surface area contributed by atoms with Gasteiger partial charge in [-0.25, -0.2) is 0 Å². The largest absolute Gasteiger partial charge is 0.316 e. The first-order valence-electron chi connectivity index (χ1n) is 6.96. The Morgan fingerprint density at radius 1 is 1.25 bits per heavy atom. The third-order valence-electron chi connectivity index (χ3n) is 4.63. The zero-order valence-electron chi connectivity index (χ0n) is 11.8. The fraction of sp³-hybridized carbons (Fsp3) is 1.00. The molecule has 0 aromatic heterocycles. The fourth-order valence-electron chi connectivity index (χ4n) is 3.11. The first-order chi connectivity index (χ1) is 7.55. The van der Waals surface area contributed by atoms with Crippen LogP contribution in [0.15, 0.2) is 0 Å². The van der Waals surface area contributed by atoms with Gasteiger partial charge in [-0.1, -0.05) is 27.7 Å². The Hall–Kier alpha value is -0.0800. The molecule has 1 N–H and O–H groups in total. The smallest absolute Gasteiger partial charge is 0.00872 e. The lowest BCUT2D eigenvalue weighted by Crippen LogP contribution is -2.44. The molecule has 0 aromatic rings. The summed E-state index contributed by atoms with van der Waals surface area (Å²) in [6.45, 7) is 13.0. The summed E-state index contributed by atoms with van der Waals surface area (Å²) in [6.07, 6.45) is 3.89. The van der Waals surface area contributed by atoms with Crippen molar-refractivity contribution in [2.24, 2.45) is 11.3 Å². The van der Waals surface area contributed by atoms with Gasteiger partial charge in [-0.2, -0.15) is 0 Å². The van der Waals surface area contributed by atoms with Crippen LogP contribution in [-0.2, 0) is 0 Å². The molecule has 1 atom stereocenters. The lowest BCUT2D eigenvalue weighted by Gasteiger charge is -2.39. The fourth-order valence-corrected chi connectivity index (χ4v) is 3.11. The molecule has 2 nitrogen and oxygen atoms in total. The molecule has 0 aliphatic carbocycles. The second-order valence-corrected chi connectivity index (χ2v) is 5.83. The molecule has 1 rings (SSSR count). The summed E-state index contributed by atoms with van der Waals surface area (Å²) >= 11 is 0. The summed E-state index contributed by atoms with van der Waals surface area (Å²) in [5, 5.41) is 3.55. The second kappa shape index (κ2) is 6.02. The molecule has 1 heterocycles. The summed E-state index contributed by atoms with van der Waals surface area (Å²) < 4.78 is 0. The summed E-state index contributed by atoms with van der Waals surface area (Å²) in [6, 6.07) is 0.760. The molecular formula is C14H30N2. The van der Waals surface area contributed by atoms with Crippen LogP contribution in [0.1, 0.15) is 47.0 Å². The van der Waals surface area contributed by atoms with E-state index in [1.54, 1.807) is 0 Å². The maximum atomic E-state index is 3.55. The summed E-state index contributed by atoms with van der Waals surface area (Å²) in [7, 11) is 2.31. The Bertz CT molecular complexity index is 191. The van der Waals surface area contributed by atoms with E-state index in [9.17, 15) is 0 Å². The van der Waals surface area contributed by atoms with Crippen molar-refractivity contribution in [1.29, 1.82) is 0 Å². The third kappa shape index (κ3) is 2.98. The van der Waals surface area contributed by atoms with Gasteiger partial charge in [0.15, 0.2) is 0 Å². The van der Waals surface area contributed by atoms with Crippen LogP contribution in [0.2, 0.25) is 0 Å². The van der Waals surface area contributed by atoms with E-state index >= 15 is 0 Å². The first kappa shape index (κ1) is 14.0. The van der Waals surface area contributed by atoms with Crippen molar-refractivity contribution < 1.29 is 0 Å². The van der Waals surface area contributed by atoms with Crippen LogP contribution in [0.5, 0.6) is 0 Å². The second-order valence-electron chi connectivity index (χ2n) is 5.83. The highest BCUT2D eigenvalue weighted by atomic mass is 15.1. The first-order valence-corrected chi connectivity index (χ1v) is 6.96. The molecule has 0 bridgehead atoms. The highest BCUT2D eigenvalue weighted by molar-refractivity contribution is 4.93. The van der Waals surface area contributed by atoms with E-state index in [4.69, 9.17) is 0 Å². The predicted octanol–water partition coefficient (Wildman–Crippen LogP) is 2.74. The Labute approximate surface area is 102 Å². The van der Waals surface area contributed by atoms with Gasteiger partial charge in [0.2, 0.25) is 0 Å². The summed E-state index contributed by atoms with van der Waals surface area (Å²) in [4.78, 5) is 2.59. The molecule has 0 radical (unpaired) electrons. The van der Waals surface area contributed by atoms with E-state index < -0.39 is 0 Å². The Morgan fingerprint density at radius 3 is 2.25 bits per heavy atom. The van der Waals surface area contributed by atoms with Gasteiger partial charge < -0.3 is 10.2 Å². The van der Waals surface area contributed by atoms with Crippen LogP contribution in [0, 0.1) is 11.3 Å². The zero-order chi connectivity index (χ0) is 12.2. The molecule has 16 heavy (non-hydrogen) atoms. The Morgan fingerprint density at radius 2 is 1.88 bits per heavy atom. The van der Waals surface area contributed by atoms with Crippen LogP contribution < -0.4 is 5.32 Å². The van der Waals surface area contributed by atoms with Crippen molar-refractivity contribution in [2.75, 3.05) is 26.7 Å². The van der Waals surface area contributed by atoms with Gasteiger partial charge in [-0.3, -0.25) is 0 Å². The molecule has 0 spiro atoms. The molecule has 96 valence electrons. The van der Waals surface area contributed by atoms with Gasteiger partial charge in [-0.05, 0) is 44.2 Å². The lowest BCUT2D eigenvalue weighted by molar-refractivity contribution is 0.103. The normalized spacial score (nSPS) is 26.2. The standard InChI is InChI=1S/C14H30N2/c1-6-13(7-2)16(5)11-14(12(3)4)8-9-15-10-14/h12-13,15H,6-11H2,1-5H3. The number of nitrogens with one attached hydrogen (secondary N) is 1. The molecule has 0 amide bonds. The SMILES string of the molecule is CCC(CC)N(C)CC1(C(C)C)CCNC1. The number of hydrogen-bond acceptors (Lipinski definition) is 2. The van der Waals surface area contributed by atoms with Crippen molar-refractivity contribution in [1.82, 2.24) is 10.2 Å². The lowest BCUT2D eigenvalue weighted by atomic mass is 9.76. The Kier molecular flexibility index (Phi) is 5.26. The Balaban J connectivity index is 2.61. The van der Waals surface area contributed by atoms with Crippen molar-refractivity contribution >= 4 is 0 Å². The van der Waals surface area contributed by atoms with Crippen LogP contribution in [-0.4, -0.2) is 37.6 Å². The highest BCUT2D eigenvalue weighted by Crippen LogP contribution is 2.35. The molecule has 0 aromatic carbocycles. The van der Waals surface area contributed by atoms with E-state index in [1.807, 2.05) is 0 Å². The third-order valence-corrected chi connectivity index (χ3v) is 4.63. The van der Waals surface area contributed by atoms with Gasteiger partial charge in [-0.15, -0.1) is 0 Å². The van der Waals surface area contributed by atoms with E-state index in [0.29, 0.717) is 5.41 Å².